The summed E-state index contributed by atoms with van der Waals surface area (Å²) < 4.78 is 0. The van der Waals surface area contributed by atoms with E-state index < -0.39 is 0 Å². The number of nitrogens with one attached hydrogen (secondary N) is 1. The number of amides is 1. The maximum absolute atomic E-state index is 11.4. The minimum Gasteiger partial charge on any atom is -0.348 e. The lowest BCUT2D eigenvalue weighted by Crippen LogP contribution is -2.26. The van der Waals surface area contributed by atoms with Gasteiger partial charge in [-0.05, 0) is 25.8 Å². The second-order valence-electron chi connectivity index (χ2n) is 3.29. The summed E-state index contributed by atoms with van der Waals surface area (Å²) in [6, 6.07) is 2.07. The van der Waals surface area contributed by atoms with E-state index in [2.05, 4.69) is 15.3 Å². The van der Waals surface area contributed by atoms with E-state index in [1.54, 1.807) is 6.07 Å². The standard InChI is InChI=1S/C9H11N3O/c1-6-4-8(11-5-10-6)9(13)12-7-2-3-7/h4-5,7H,2-3H2,1H3,(H,12,13). The number of aryl methyl sites for hydroxylation is 1. The maximum atomic E-state index is 11.4. The van der Waals surface area contributed by atoms with Gasteiger partial charge in [0.25, 0.3) is 5.91 Å². The van der Waals surface area contributed by atoms with Crippen LogP contribution in [0.25, 0.3) is 0 Å². The minimum absolute atomic E-state index is 0.0898. The van der Waals surface area contributed by atoms with E-state index in [9.17, 15) is 4.79 Å². The molecule has 1 aliphatic rings. The monoisotopic (exact) mass is 177 g/mol. The summed E-state index contributed by atoms with van der Waals surface area (Å²) in [5.74, 6) is -0.0898. The summed E-state index contributed by atoms with van der Waals surface area (Å²) in [5.41, 5.74) is 1.27. The van der Waals surface area contributed by atoms with E-state index in [1.165, 1.54) is 6.33 Å². The molecule has 1 fully saturated rings. The van der Waals surface area contributed by atoms with Crippen LogP contribution in [0.1, 0.15) is 29.0 Å². The molecule has 68 valence electrons. The number of aromatic nitrogens is 2. The van der Waals surface area contributed by atoms with Crippen LogP contribution in [0.2, 0.25) is 0 Å². The van der Waals surface area contributed by atoms with Crippen molar-refractivity contribution in [3.8, 4) is 0 Å². The van der Waals surface area contributed by atoms with E-state index in [4.69, 9.17) is 0 Å². The molecule has 1 aliphatic carbocycles. The summed E-state index contributed by atoms with van der Waals surface area (Å²) in [6.07, 6.45) is 3.60. The van der Waals surface area contributed by atoms with Gasteiger partial charge >= 0.3 is 0 Å². The van der Waals surface area contributed by atoms with Gasteiger partial charge in [-0.15, -0.1) is 0 Å². The molecule has 4 heteroatoms. The quantitative estimate of drug-likeness (QED) is 0.722. The summed E-state index contributed by atoms with van der Waals surface area (Å²) in [5, 5.41) is 2.87. The highest BCUT2D eigenvalue weighted by Crippen LogP contribution is 2.18. The lowest BCUT2D eigenvalue weighted by atomic mass is 10.3. The molecule has 1 amide bonds. The van der Waals surface area contributed by atoms with Crippen LogP contribution in [0, 0.1) is 6.92 Å². The highest BCUT2D eigenvalue weighted by Gasteiger charge is 2.24. The number of carbonyl (C=O) groups excluding carboxylic acids is 1. The molecule has 4 nitrogen and oxygen atoms in total. The van der Waals surface area contributed by atoms with Crippen molar-refractivity contribution in [2.45, 2.75) is 25.8 Å². The smallest absolute Gasteiger partial charge is 0.270 e. The fraction of sp³-hybridized carbons (Fsp3) is 0.444. The average molecular weight is 177 g/mol. The molecule has 0 atom stereocenters. The van der Waals surface area contributed by atoms with Crippen molar-refractivity contribution in [3.05, 3.63) is 23.8 Å². The van der Waals surface area contributed by atoms with Crippen LogP contribution in [-0.4, -0.2) is 21.9 Å². The molecule has 0 saturated heterocycles. The topological polar surface area (TPSA) is 54.9 Å². The third-order valence-electron chi connectivity index (χ3n) is 1.95. The molecule has 1 heterocycles. The van der Waals surface area contributed by atoms with Gasteiger partial charge in [-0.2, -0.15) is 0 Å². The summed E-state index contributed by atoms with van der Waals surface area (Å²) in [6.45, 7) is 1.84. The van der Waals surface area contributed by atoms with Crippen LogP contribution in [0.4, 0.5) is 0 Å². The summed E-state index contributed by atoms with van der Waals surface area (Å²) in [7, 11) is 0. The number of carbonyl (C=O) groups is 1. The molecule has 1 saturated carbocycles. The minimum atomic E-state index is -0.0898. The Balaban J connectivity index is 2.09. The van der Waals surface area contributed by atoms with Crippen molar-refractivity contribution >= 4 is 5.91 Å². The van der Waals surface area contributed by atoms with E-state index in [0.717, 1.165) is 18.5 Å². The van der Waals surface area contributed by atoms with Gasteiger partial charge in [-0.25, -0.2) is 9.97 Å². The van der Waals surface area contributed by atoms with Gasteiger partial charge in [0.15, 0.2) is 0 Å². The maximum Gasteiger partial charge on any atom is 0.270 e. The third kappa shape index (κ3) is 2.02. The van der Waals surface area contributed by atoms with E-state index >= 15 is 0 Å². The van der Waals surface area contributed by atoms with Crippen molar-refractivity contribution in [3.63, 3.8) is 0 Å². The number of hydrogen-bond acceptors (Lipinski definition) is 3. The Morgan fingerprint density at radius 2 is 2.31 bits per heavy atom. The molecule has 0 radical (unpaired) electrons. The Labute approximate surface area is 76.4 Å². The lowest BCUT2D eigenvalue weighted by Gasteiger charge is -2.01. The summed E-state index contributed by atoms with van der Waals surface area (Å²) in [4.78, 5) is 19.3. The Morgan fingerprint density at radius 3 is 2.92 bits per heavy atom. The van der Waals surface area contributed by atoms with Crippen molar-refractivity contribution in [2.24, 2.45) is 0 Å². The second kappa shape index (κ2) is 3.12. The number of hydrogen-bond donors (Lipinski definition) is 1. The Kier molecular flexibility index (Phi) is 1.96. The molecule has 1 aromatic rings. The molecular weight excluding hydrogens is 166 g/mol. The zero-order valence-electron chi connectivity index (χ0n) is 7.45. The van der Waals surface area contributed by atoms with Crippen molar-refractivity contribution in [1.29, 1.82) is 0 Å². The SMILES string of the molecule is Cc1cc(C(=O)NC2CC2)ncn1. The molecule has 0 aliphatic heterocycles. The van der Waals surface area contributed by atoms with Gasteiger partial charge in [-0.1, -0.05) is 0 Å². The first-order valence-electron chi connectivity index (χ1n) is 4.35. The van der Waals surface area contributed by atoms with Gasteiger partial charge in [0.1, 0.15) is 12.0 Å². The van der Waals surface area contributed by atoms with Crippen molar-refractivity contribution in [1.82, 2.24) is 15.3 Å². The van der Waals surface area contributed by atoms with E-state index in [0.29, 0.717) is 11.7 Å². The first-order valence-corrected chi connectivity index (χ1v) is 4.35. The third-order valence-corrected chi connectivity index (χ3v) is 1.95. The van der Waals surface area contributed by atoms with Crippen LogP contribution < -0.4 is 5.32 Å². The van der Waals surface area contributed by atoms with Crippen LogP contribution in [-0.2, 0) is 0 Å². The fourth-order valence-corrected chi connectivity index (χ4v) is 1.07. The largest absolute Gasteiger partial charge is 0.348 e. The summed E-state index contributed by atoms with van der Waals surface area (Å²) >= 11 is 0. The second-order valence-corrected chi connectivity index (χ2v) is 3.29. The van der Waals surface area contributed by atoms with E-state index in [-0.39, 0.29) is 5.91 Å². The van der Waals surface area contributed by atoms with Crippen LogP contribution in [0.5, 0.6) is 0 Å². The highest BCUT2D eigenvalue weighted by molar-refractivity contribution is 5.92. The van der Waals surface area contributed by atoms with Gasteiger partial charge in [0.2, 0.25) is 0 Å². The predicted molar refractivity (Wildman–Crippen MR) is 47.3 cm³/mol. The van der Waals surface area contributed by atoms with Gasteiger partial charge in [0, 0.05) is 11.7 Å². The highest BCUT2D eigenvalue weighted by atomic mass is 16.2. The Bertz CT molecular complexity index is 333. The first-order chi connectivity index (χ1) is 6.25. The zero-order valence-corrected chi connectivity index (χ0v) is 7.45. The molecule has 0 spiro atoms. The molecule has 13 heavy (non-hydrogen) atoms. The molecule has 1 aromatic heterocycles. The normalized spacial score (nSPS) is 15.5. The molecule has 0 bridgehead atoms. The average Bonchev–Trinajstić information content (AvgIpc) is 2.88. The zero-order chi connectivity index (χ0) is 9.26. The first kappa shape index (κ1) is 8.16. The predicted octanol–water partition coefficient (Wildman–Crippen LogP) is 0.677. The van der Waals surface area contributed by atoms with E-state index in [1.807, 2.05) is 6.92 Å². The molecule has 2 rings (SSSR count). The molecular formula is C9H11N3O. The Hall–Kier alpha value is -1.45. The van der Waals surface area contributed by atoms with Crippen LogP contribution >= 0.6 is 0 Å². The van der Waals surface area contributed by atoms with Crippen LogP contribution in [0.15, 0.2) is 12.4 Å². The lowest BCUT2D eigenvalue weighted by molar-refractivity contribution is 0.0946. The van der Waals surface area contributed by atoms with Gasteiger partial charge in [0.05, 0.1) is 0 Å². The molecule has 1 N–H and O–H groups in total. The Morgan fingerprint density at radius 1 is 1.54 bits per heavy atom. The number of rotatable bonds is 2. The fourth-order valence-electron chi connectivity index (χ4n) is 1.07. The van der Waals surface area contributed by atoms with Crippen LogP contribution in [0.3, 0.4) is 0 Å². The van der Waals surface area contributed by atoms with Crippen molar-refractivity contribution < 1.29 is 4.79 Å². The van der Waals surface area contributed by atoms with Gasteiger partial charge < -0.3 is 5.32 Å². The number of nitrogens with zero attached hydrogens (tertiary/aromatic N) is 2. The van der Waals surface area contributed by atoms with Gasteiger partial charge in [-0.3, -0.25) is 4.79 Å². The van der Waals surface area contributed by atoms with Crippen molar-refractivity contribution in [2.75, 3.05) is 0 Å². The molecule has 0 aromatic carbocycles. The molecule has 0 unspecified atom stereocenters.